The van der Waals surface area contributed by atoms with Gasteiger partial charge in [-0.15, -0.1) is 0 Å². The Morgan fingerprint density at radius 1 is 1.64 bits per heavy atom. The summed E-state index contributed by atoms with van der Waals surface area (Å²) >= 11 is 3.10. The maximum absolute atomic E-state index is 10.7. The van der Waals surface area contributed by atoms with Gasteiger partial charge in [0.1, 0.15) is 11.8 Å². The fraction of sp³-hybridized carbons (Fsp3) is 0.111. The minimum absolute atomic E-state index is 0.0965. The molecule has 72 valence electrons. The van der Waals surface area contributed by atoms with E-state index in [0.717, 1.165) is 0 Å². The first kappa shape index (κ1) is 10.5. The zero-order valence-electron chi connectivity index (χ0n) is 7.03. The van der Waals surface area contributed by atoms with Gasteiger partial charge in [-0.2, -0.15) is 5.26 Å². The van der Waals surface area contributed by atoms with Crippen molar-refractivity contribution in [3.8, 4) is 11.8 Å². The monoisotopic (exact) mass is 255 g/mol. The fourth-order valence-electron chi connectivity index (χ4n) is 0.874. The number of ether oxygens (including phenoxy) is 1. The normalized spacial score (nSPS) is 9.14. The molecule has 0 aliphatic heterocycles. The van der Waals surface area contributed by atoms with E-state index in [9.17, 15) is 4.79 Å². The molecule has 0 aliphatic rings. The number of aromatic carboxylic acids is 1. The standard InChI is InChI=1S/C9H6BrNO3/c10-8-2-1-6(14-4-3-11)5-7(8)9(12)13/h1-2,5H,4H2,(H,12,13). The van der Waals surface area contributed by atoms with Crippen molar-refractivity contribution in [3.63, 3.8) is 0 Å². The van der Waals surface area contributed by atoms with Crippen molar-refractivity contribution in [1.29, 1.82) is 5.26 Å². The van der Waals surface area contributed by atoms with Crippen LogP contribution < -0.4 is 4.74 Å². The topological polar surface area (TPSA) is 70.3 Å². The first-order chi connectivity index (χ1) is 6.65. The molecule has 1 aromatic carbocycles. The summed E-state index contributed by atoms with van der Waals surface area (Å²) in [5.41, 5.74) is 0.112. The van der Waals surface area contributed by atoms with Gasteiger partial charge >= 0.3 is 5.97 Å². The van der Waals surface area contributed by atoms with Gasteiger partial charge in [0.05, 0.1) is 5.56 Å². The lowest BCUT2D eigenvalue weighted by molar-refractivity contribution is 0.0695. The van der Waals surface area contributed by atoms with Crippen LogP contribution in [0.4, 0.5) is 0 Å². The van der Waals surface area contributed by atoms with Gasteiger partial charge in [-0.25, -0.2) is 4.79 Å². The molecule has 0 atom stereocenters. The molecule has 0 spiro atoms. The van der Waals surface area contributed by atoms with Crippen LogP contribution in [0.2, 0.25) is 0 Å². The number of nitrogens with zero attached hydrogens (tertiary/aromatic N) is 1. The van der Waals surface area contributed by atoms with Crippen LogP contribution in [-0.2, 0) is 0 Å². The summed E-state index contributed by atoms with van der Waals surface area (Å²) in [7, 11) is 0. The summed E-state index contributed by atoms with van der Waals surface area (Å²) in [6.45, 7) is -0.0965. The van der Waals surface area contributed by atoms with Crippen LogP contribution in [0.3, 0.4) is 0 Å². The molecule has 0 aliphatic carbocycles. The molecule has 0 amide bonds. The van der Waals surface area contributed by atoms with Gasteiger partial charge < -0.3 is 9.84 Å². The van der Waals surface area contributed by atoms with E-state index in [1.807, 2.05) is 0 Å². The Bertz CT molecular complexity index is 398. The third-order valence-electron chi connectivity index (χ3n) is 1.47. The van der Waals surface area contributed by atoms with E-state index in [4.69, 9.17) is 15.1 Å². The molecule has 0 aromatic heterocycles. The fourth-order valence-corrected chi connectivity index (χ4v) is 1.29. The van der Waals surface area contributed by atoms with Gasteiger partial charge in [0.25, 0.3) is 0 Å². The number of halogens is 1. The summed E-state index contributed by atoms with van der Waals surface area (Å²) in [4.78, 5) is 10.7. The van der Waals surface area contributed by atoms with E-state index in [1.54, 1.807) is 18.2 Å². The lowest BCUT2D eigenvalue weighted by atomic mass is 10.2. The summed E-state index contributed by atoms with van der Waals surface area (Å²) in [5.74, 6) is -0.675. The Morgan fingerprint density at radius 3 is 2.93 bits per heavy atom. The number of nitriles is 1. The minimum atomic E-state index is -1.04. The number of hydrogen-bond acceptors (Lipinski definition) is 3. The maximum atomic E-state index is 10.7. The molecular weight excluding hydrogens is 250 g/mol. The maximum Gasteiger partial charge on any atom is 0.336 e. The van der Waals surface area contributed by atoms with E-state index >= 15 is 0 Å². The molecule has 0 saturated carbocycles. The average molecular weight is 256 g/mol. The number of carboxylic acids is 1. The summed E-state index contributed by atoms with van der Waals surface area (Å²) in [5, 5.41) is 17.0. The Morgan fingerprint density at radius 2 is 2.36 bits per heavy atom. The largest absolute Gasteiger partial charge is 0.479 e. The van der Waals surface area contributed by atoms with Gasteiger partial charge in [-0.1, -0.05) is 0 Å². The van der Waals surface area contributed by atoms with Crippen molar-refractivity contribution in [1.82, 2.24) is 0 Å². The molecule has 1 N–H and O–H groups in total. The van der Waals surface area contributed by atoms with Crippen molar-refractivity contribution in [3.05, 3.63) is 28.2 Å². The number of rotatable bonds is 3. The molecule has 1 aromatic rings. The van der Waals surface area contributed by atoms with Crippen LogP contribution in [0.1, 0.15) is 10.4 Å². The van der Waals surface area contributed by atoms with Crippen LogP contribution >= 0.6 is 15.9 Å². The molecule has 0 heterocycles. The van der Waals surface area contributed by atoms with Crippen molar-refractivity contribution in [2.75, 3.05) is 6.61 Å². The van der Waals surface area contributed by atoms with Crippen molar-refractivity contribution in [2.24, 2.45) is 0 Å². The van der Waals surface area contributed by atoms with E-state index in [0.29, 0.717) is 10.2 Å². The molecule has 0 fully saturated rings. The number of carboxylic acid groups (broad SMARTS) is 1. The SMILES string of the molecule is N#CCOc1ccc(Br)c(C(=O)O)c1. The Labute approximate surface area is 88.9 Å². The molecule has 0 unspecified atom stereocenters. The lowest BCUT2D eigenvalue weighted by Gasteiger charge is -2.03. The van der Waals surface area contributed by atoms with E-state index in [1.165, 1.54) is 6.07 Å². The van der Waals surface area contributed by atoms with Gasteiger partial charge in [0.15, 0.2) is 6.61 Å². The molecule has 0 saturated heterocycles. The van der Waals surface area contributed by atoms with E-state index < -0.39 is 5.97 Å². The first-order valence-corrected chi connectivity index (χ1v) is 4.47. The number of benzene rings is 1. The van der Waals surface area contributed by atoms with Crippen LogP contribution in [-0.4, -0.2) is 17.7 Å². The molecule has 0 radical (unpaired) electrons. The third kappa shape index (κ3) is 2.47. The Kier molecular flexibility index (Phi) is 3.48. The smallest absolute Gasteiger partial charge is 0.336 e. The van der Waals surface area contributed by atoms with Gasteiger partial charge in [-0.3, -0.25) is 0 Å². The minimum Gasteiger partial charge on any atom is -0.479 e. The summed E-state index contributed by atoms with van der Waals surface area (Å²) in [6.07, 6.45) is 0. The highest BCUT2D eigenvalue weighted by molar-refractivity contribution is 9.10. The highest BCUT2D eigenvalue weighted by atomic mass is 79.9. The average Bonchev–Trinajstić information content (AvgIpc) is 2.16. The van der Waals surface area contributed by atoms with Gasteiger partial charge in [0.2, 0.25) is 0 Å². The Hall–Kier alpha value is -1.54. The van der Waals surface area contributed by atoms with E-state index in [-0.39, 0.29) is 12.2 Å². The molecule has 14 heavy (non-hydrogen) atoms. The third-order valence-corrected chi connectivity index (χ3v) is 2.16. The quantitative estimate of drug-likeness (QED) is 0.898. The predicted molar refractivity (Wildman–Crippen MR) is 52.2 cm³/mol. The molecule has 5 heteroatoms. The number of carbonyl (C=O) groups is 1. The van der Waals surface area contributed by atoms with Crippen LogP contribution in [0, 0.1) is 11.3 Å². The lowest BCUT2D eigenvalue weighted by Crippen LogP contribution is -2.00. The summed E-state index contributed by atoms with van der Waals surface area (Å²) < 4.78 is 5.44. The van der Waals surface area contributed by atoms with E-state index in [2.05, 4.69) is 15.9 Å². The van der Waals surface area contributed by atoms with Crippen molar-refractivity contribution < 1.29 is 14.6 Å². The molecule has 4 nitrogen and oxygen atoms in total. The van der Waals surface area contributed by atoms with Crippen molar-refractivity contribution in [2.45, 2.75) is 0 Å². The van der Waals surface area contributed by atoms with Crippen LogP contribution in [0.25, 0.3) is 0 Å². The molecular formula is C9H6BrNO3. The van der Waals surface area contributed by atoms with Gasteiger partial charge in [0, 0.05) is 4.47 Å². The zero-order chi connectivity index (χ0) is 10.6. The van der Waals surface area contributed by atoms with Crippen LogP contribution in [0.15, 0.2) is 22.7 Å². The second-order valence-electron chi connectivity index (χ2n) is 2.39. The molecule has 0 bridgehead atoms. The summed E-state index contributed by atoms with van der Waals surface area (Å²) in [6, 6.07) is 6.32. The Balaban J connectivity index is 2.96. The predicted octanol–water partition coefficient (Wildman–Crippen LogP) is 2.05. The zero-order valence-corrected chi connectivity index (χ0v) is 8.61. The second kappa shape index (κ2) is 4.63. The highest BCUT2D eigenvalue weighted by Crippen LogP contribution is 2.22. The second-order valence-corrected chi connectivity index (χ2v) is 3.25. The van der Waals surface area contributed by atoms with Crippen LogP contribution in [0.5, 0.6) is 5.75 Å². The highest BCUT2D eigenvalue weighted by Gasteiger charge is 2.09. The van der Waals surface area contributed by atoms with Crippen molar-refractivity contribution >= 4 is 21.9 Å². The van der Waals surface area contributed by atoms with Gasteiger partial charge in [-0.05, 0) is 34.1 Å². The number of hydrogen-bond donors (Lipinski definition) is 1. The first-order valence-electron chi connectivity index (χ1n) is 3.67. The molecule has 1 rings (SSSR count).